The Morgan fingerprint density at radius 2 is 2.12 bits per heavy atom. The Kier molecular flexibility index (Phi) is 6.15. The predicted molar refractivity (Wildman–Crippen MR) is 87.7 cm³/mol. The molecule has 2 rings (SSSR count). The fourth-order valence-electron chi connectivity index (χ4n) is 2.02. The van der Waals surface area contributed by atoms with Gasteiger partial charge in [-0.3, -0.25) is 4.79 Å². The summed E-state index contributed by atoms with van der Waals surface area (Å²) in [6, 6.07) is 12.9. The first kappa shape index (κ1) is 17.3. The van der Waals surface area contributed by atoms with Crippen LogP contribution in [0, 0.1) is 17.1 Å². The lowest BCUT2D eigenvalue weighted by Crippen LogP contribution is -2.12. The molecule has 6 heteroatoms. The number of rotatable bonds is 7. The maximum Gasteiger partial charge on any atom is 0.255 e. The van der Waals surface area contributed by atoms with Crippen LogP contribution in [0.4, 0.5) is 10.1 Å². The maximum absolute atomic E-state index is 13.7. The van der Waals surface area contributed by atoms with E-state index in [-0.39, 0.29) is 11.3 Å². The number of carbonyl (C=O) groups excluding carboxylic acids is 1. The van der Waals surface area contributed by atoms with Crippen molar-refractivity contribution >= 4 is 11.6 Å². The van der Waals surface area contributed by atoms with Crippen LogP contribution in [0.1, 0.15) is 23.2 Å². The highest BCUT2D eigenvalue weighted by molar-refractivity contribution is 6.04. The first-order valence-electron chi connectivity index (χ1n) is 7.38. The van der Waals surface area contributed by atoms with Crippen LogP contribution >= 0.6 is 0 Å². The summed E-state index contributed by atoms with van der Waals surface area (Å²) in [5.41, 5.74) is 0.725. The van der Waals surface area contributed by atoms with Crippen molar-refractivity contribution in [1.29, 1.82) is 5.26 Å². The summed E-state index contributed by atoms with van der Waals surface area (Å²) in [7, 11) is 1.36. The van der Waals surface area contributed by atoms with Crippen molar-refractivity contribution in [3.05, 3.63) is 53.8 Å². The van der Waals surface area contributed by atoms with Gasteiger partial charge >= 0.3 is 0 Å². The molecule has 0 radical (unpaired) electrons. The van der Waals surface area contributed by atoms with Gasteiger partial charge in [-0.05, 0) is 36.8 Å². The van der Waals surface area contributed by atoms with Crippen LogP contribution in [0.2, 0.25) is 0 Å². The van der Waals surface area contributed by atoms with E-state index in [9.17, 15) is 9.18 Å². The van der Waals surface area contributed by atoms with Gasteiger partial charge in [-0.2, -0.15) is 5.26 Å². The number of carbonyl (C=O) groups is 1. The molecule has 1 N–H and O–H groups in total. The minimum Gasteiger partial charge on any atom is -0.494 e. The molecule has 2 aromatic rings. The number of hydrogen-bond donors (Lipinski definition) is 1. The molecule has 24 heavy (non-hydrogen) atoms. The van der Waals surface area contributed by atoms with Gasteiger partial charge in [0, 0.05) is 23.7 Å². The van der Waals surface area contributed by atoms with E-state index in [1.165, 1.54) is 19.2 Å². The fraction of sp³-hybridized carbons (Fsp3) is 0.222. The number of anilines is 1. The van der Waals surface area contributed by atoms with Crippen LogP contribution < -0.4 is 14.8 Å². The number of halogens is 1. The third kappa shape index (κ3) is 4.71. The highest BCUT2D eigenvalue weighted by Gasteiger charge is 2.10. The zero-order chi connectivity index (χ0) is 17.4. The number of amides is 1. The van der Waals surface area contributed by atoms with E-state index in [0.29, 0.717) is 30.9 Å². The average molecular weight is 328 g/mol. The average Bonchev–Trinajstić information content (AvgIpc) is 2.59. The molecule has 124 valence electrons. The van der Waals surface area contributed by atoms with Crippen molar-refractivity contribution in [2.45, 2.75) is 12.8 Å². The molecule has 0 aromatic heterocycles. The van der Waals surface area contributed by atoms with Gasteiger partial charge in [-0.25, -0.2) is 4.39 Å². The molecule has 0 heterocycles. The lowest BCUT2D eigenvalue weighted by molar-refractivity contribution is 0.102. The molecule has 0 aliphatic carbocycles. The minimum absolute atomic E-state index is 0.0827. The summed E-state index contributed by atoms with van der Waals surface area (Å²) in [6.07, 6.45) is 1.07. The number of methoxy groups -OCH3 is 1. The van der Waals surface area contributed by atoms with E-state index in [0.717, 1.165) is 6.07 Å². The van der Waals surface area contributed by atoms with E-state index < -0.39 is 11.7 Å². The molecule has 0 bridgehead atoms. The second kappa shape index (κ2) is 8.53. The largest absolute Gasteiger partial charge is 0.494 e. The summed E-state index contributed by atoms with van der Waals surface area (Å²) in [6.45, 7) is 0.425. The molecule has 0 aliphatic heterocycles. The van der Waals surface area contributed by atoms with Gasteiger partial charge in [-0.15, -0.1) is 0 Å². The smallest absolute Gasteiger partial charge is 0.255 e. The zero-order valence-electron chi connectivity index (χ0n) is 13.2. The van der Waals surface area contributed by atoms with Crippen molar-refractivity contribution < 1.29 is 18.7 Å². The normalized spacial score (nSPS) is 9.88. The lowest BCUT2D eigenvalue weighted by atomic mass is 10.2. The highest BCUT2D eigenvalue weighted by atomic mass is 19.1. The Balaban J connectivity index is 2.01. The van der Waals surface area contributed by atoms with Gasteiger partial charge < -0.3 is 14.8 Å². The number of unbranched alkanes of at least 4 members (excludes halogenated alkanes) is 1. The van der Waals surface area contributed by atoms with Crippen molar-refractivity contribution in [3.63, 3.8) is 0 Å². The topological polar surface area (TPSA) is 71.3 Å². The highest BCUT2D eigenvalue weighted by Crippen LogP contribution is 2.21. The number of nitrogens with one attached hydrogen (secondary N) is 1. The number of ether oxygens (including phenoxy) is 2. The predicted octanol–water partition coefficient (Wildman–Crippen LogP) is 3.77. The molecule has 2 aromatic carbocycles. The molecule has 1 amide bonds. The van der Waals surface area contributed by atoms with Gasteiger partial charge in [-0.1, -0.05) is 6.07 Å². The van der Waals surface area contributed by atoms with Crippen molar-refractivity contribution in [3.8, 4) is 17.6 Å². The van der Waals surface area contributed by atoms with Crippen LogP contribution in [0.5, 0.6) is 11.5 Å². The Labute approximate surface area is 139 Å². The van der Waals surface area contributed by atoms with Gasteiger partial charge in [0.05, 0.1) is 19.8 Å². The fourth-order valence-corrected chi connectivity index (χ4v) is 2.02. The SMILES string of the molecule is COc1ccc(C(=O)Nc2cccc(OCCCC#N)c2)cc1F. The molecule has 0 saturated heterocycles. The van der Waals surface area contributed by atoms with Gasteiger partial charge in [0.1, 0.15) is 5.75 Å². The summed E-state index contributed by atoms with van der Waals surface area (Å²) >= 11 is 0. The van der Waals surface area contributed by atoms with E-state index in [2.05, 4.69) is 5.32 Å². The van der Waals surface area contributed by atoms with Crippen molar-refractivity contribution in [2.75, 3.05) is 19.0 Å². The third-order valence-electron chi connectivity index (χ3n) is 3.21. The Bertz CT molecular complexity index is 756. The summed E-state index contributed by atoms with van der Waals surface area (Å²) in [4.78, 5) is 12.2. The van der Waals surface area contributed by atoms with E-state index in [1.54, 1.807) is 24.3 Å². The van der Waals surface area contributed by atoms with Crippen molar-refractivity contribution in [1.82, 2.24) is 0 Å². The molecule has 0 saturated carbocycles. The van der Waals surface area contributed by atoms with Crippen molar-refractivity contribution in [2.24, 2.45) is 0 Å². The number of benzene rings is 2. The summed E-state index contributed by atoms with van der Waals surface area (Å²) in [5.74, 6) is -0.358. The van der Waals surface area contributed by atoms with Crippen LogP contribution in [0.25, 0.3) is 0 Å². The standard InChI is InChI=1S/C18H17FN2O3/c1-23-17-8-7-13(11-16(17)19)18(22)21-14-5-4-6-15(12-14)24-10-3-2-9-20/h4-8,11-12H,2-3,10H2,1H3,(H,21,22). The number of nitriles is 1. The summed E-state index contributed by atoms with van der Waals surface area (Å²) < 4.78 is 24.0. The number of hydrogen-bond acceptors (Lipinski definition) is 4. The molecular weight excluding hydrogens is 311 g/mol. The van der Waals surface area contributed by atoms with Crippen LogP contribution in [-0.2, 0) is 0 Å². The Morgan fingerprint density at radius 1 is 1.29 bits per heavy atom. The molecule has 0 unspecified atom stereocenters. The first-order valence-corrected chi connectivity index (χ1v) is 7.38. The molecule has 0 fully saturated rings. The molecular formula is C18H17FN2O3. The summed E-state index contributed by atoms with van der Waals surface area (Å²) in [5, 5.41) is 11.2. The lowest BCUT2D eigenvalue weighted by Gasteiger charge is -2.09. The first-order chi connectivity index (χ1) is 11.6. The molecule has 0 spiro atoms. The number of nitrogens with zero attached hydrogens (tertiary/aromatic N) is 1. The second-order valence-corrected chi connectivity index (χ2v) is 4.94. The molecule has 0 atom stereocenters. The maximum atomic E-state index is 13.7. The van der Waals surface area contributed by atoms with Crippen LogP contribution in [-0.4, -0.2) is 19.6 Å². The van der Waals surface area contributed by atoms with E-state index >= 15 is 0 Å². The third-order valence-corrected chi connectivity index (χ3v) is 3.21. The quantitative estimate of drug-likeness (QED) is 0.785. The van der Waals surface area contributed by atoms with Gasteiger partial charge in [0.25, 0.3) is 5.91 Å². The van der Waals surface area contributed by atoms with E-state index in [4.69, 9.17) is 14.7 Å². The van der Waals surface area contributed by atoms with Gasteiger partial charge in [0.15, 0.2) is 11.6 Å². The van der Waals surface area contributed by atoms with Crippen LogP contribution in [0.15, 0.2) is 42.5 Å². The molecule has 5 nitrogen and oxygen atoms in total. The Hall–Kier alpha value is -3.07. The Morgan fingerprint density at radius 3 is 2.83 bits per heavy atom. The van der Waals surface area contributed by atoms with Gasteiger partial charge in [0.2, 0.25) is 0 Å². The second-order valence-electron chi connectivity index (χ2n) is 4.94. The minimum atomic E-state index is -0.597. The monoisotopic (exact) mass is 328 g/mol. The zero-order valence-corrected chi connectivity index (χ0v) is 13.2. The van der Waals surface area contributed by atoms with E-state index in [1.807, 2.05) is 6.07 Å². The van der Waals surface area contributed by atoms with Crippen LogP contribution in [0.3, 0.4) is 0 Å². The molecule has 0 aliphatic rings.